The van der Waals surface area contributed by atoms with Gasteiger partial charge in [-0.3, -0.25) is 4.79 Å². The molecule has 1 heterocycles. The predicted octanol–water partition coefficient (Wildman–Crippen LogP) is 4.08. The molecule has 1 aliphatic heterocycles. The van der Waals surface area contributed by atoms with Crippen molar-refractivity contribution in [3.8, 4) is 0 Å². The minimum Gasteiger partial charge on any atom is -0.357 e. The van der Waals surface area contributed by atoms with E-state index in [9.17, 15) is 18.0 Å². The molecule has 0 unspecified atom stereocenters. The summed E-state index contributed by atoms with van der Waals surface area (Å²) in [7, 11) is 0. The number of nitrogens with one attached hydrogen (secondary N) is 2. The first-order valence-electron chi connectivity index (χ1n) is 10.4. The average Bonchev–Trinajstić information content (AvgIpc) is 3.19. The number of benzene rings is 2. The van der Waals surface area contributed by atoms with E-state index in [1.165, 1.54) is 17.2 Å². The third-order valence-corrected chi connectivity index (χ3v) is 5.07. The summed E-state index contributed by atoms with van der Waals surface area (Å²) in [6, 6.07) is 13.2. The SMILES string of the molecule is CCNC(=NCc1cccc(C(F)(F)F)c1)NCCCC(=O)N1Cc2ccccc2C1. The highest BCUT2D eigenvalue weighted by molar-refractivity contribution is 5.80. The summed E-state index contributed by atoms with van der Waals surface area (Å²) in [6.07, 6.45) is -3.31. The molecule has 2 aromatic carbocycles. The van der Waals surface area contributed by atoms with Crippen molar-refractivity contribution in [2.75, 3.05) is 13.1 Å². The van der Waals surface area contributed by atoms with Crippen LogP contribution in [0, 0.1) is 0 Å². The van der Waals surface area contributed by atoms with E-state index < -0.39 is 11.7 Å². The minimum atomic E-state index is -4.37. The summed E-state index contributed by atoms with van der Waals surface area (Å²) in [5.41, 5.74) is 2.20. The molecule has 0 aromatic heterocycles. The number of carbonyl (C=O) groups excluding carboxylic acids is 1. The molecular formula is C23H27F3N4O. The summed E-state index contributed by atoms with van der Waals surface area (Å²) in [5, 5.41) is 6.22. The third kappa shape index (κ3) is 6.47. The molecule has 0 saturated heterocycles. The first kappa shape index (κ1) is 22.7. The highest BCUT2D eigenvalue weighted by Crippen LogP contribution is 2.29. The summed E-state index contributed by atoms with van der Waals surface area (Å²) < 4.78 is 38.6. The summed E-state index contributed by atoms with van der Waals surface area (Å²) in [5.74, 6) is 0.629. The van der Waals surface area contributed by atoms with Crippen LogP contribution >= 0.6 is 0 Å². The topological polar surface area (TPSA) is 56.7 Å². The molecule has 0 atom stereocenters. The molecule has 0 fully saturated rings. The Morgan fingerprint density at radius 1 is 1.06 bits per heavy atom. The number of alkyl halides is 3. The molecule has 1 amide bonds. The molecule has 2 aromatic rings. The number of carbonyl (C=O) groups is 1. The number of amides is 1. The van der Waals surface area contributed by atoms with Crippen LogP contribution in [0.4, 0.5) is 13.2 Å². The lowest BCUT2D eigenvalue weighted by Gasteiger charge is -2.16. The van der Waals surface area contributed by atoms with Gasteiger partial charge in [0.2, 0.25) is 5.91 Å². The van der Waals surface area contributed by atoms with Crippen LogP contribution in [0.5, 0.6) is 0 Å². The molecule has 1 aliphatic rings. The lowest BCUT2D eigenvalue weighted by molar-refractivity contribution is -0.137. The maximum atomic E-state index is 12.9. The lowest BCUT2D eigenvalue weighted by Crippen LogP contribution is -2.38. The fourth-order valence-electron chi connectivity index (χ4n) is 3.47. The smallest absolute Gasteiger partial charge is 0.357 e. The van der Waals surface area contributed by atoms with E-state index in [0.717, 1.165) is 12.1 Å². The number of fused-ring (bicyclic) bond motifs is 1. The number of guanidine groups is 1. The molecule has 31 heavy (non-hydrogen) atoms. The second kappa shape index (κ2) is 10.3. The van der Waals surface area contributed by atoms with Crippen LogP contribution in [-0.4, -0.2) is 29.9 Å². The Labute approximate surface area is 180 Å². The molecule has 0 spiro atoms. The Morgan fingerprint density at radius 2 is 1.77 bits per heavy atom. The fourth-order valence-corrected chi connectivity index (χ4v) is 3.47. The lowest BCUT2D eigenvalue weighted by atomic mass is 10.1. The van der Waals surface area contributed by atoms with Crippen molar-refractivity contribution in [1.82, 2.24) is 15.5 Å². The summed E-state index contributed by atoms with van der Waals surface area (Å²) >= 11 is 0. The second-order valence-corrected chi connectivity index (χ2v) is 7.44. The molecule has 2 N–H and O–H groups in total. The molecule has 0 saturated carbocycles. The Hall–Kier alpha value is -3.03. The van der Waals surface area contributed by atoms with Gasteiger partial charge in [-0.05, 0) is 42.2 Å². The number of nitrogens with zero attached hydrogens (tertiary/aromatic N) is 2. The maximum Gasteiger partial charge on any atom is 0.416 e. The molecule has 5 nitrogen and oxygen atoms in total. The van der Waals surface area contributed by atoms with E-state index in [0.29, 0.717) is 50.5 Å². The van der Waals surface area contributed by atoms with Gasteiger partial charge in [-0.2, -0.15) is 13.2 Å². The molecule has 3 rings (SSSR count). The van der Waals surface area contributed by atoms with Crippen molar-refractivity contribution in [3.63, 3.8) is 0 Å². The van der Waals surface area contributed by atoms with E-state index in [2.05, 4.69) is 15.6 Å². The zero-order valence-corrected chi connectivity index (χ0v) is 17.5. The van der Waals surface area contributed by atoms with Crippen molar-refractivity contribution in [2.45, 2.75) is 45.6 Å². The van der Waals surface area contributed by atoms with Crippen LogP contribution < -0.4 is 10.6 Å². The van der Waals surface area contributed by atoms with Crippen molar-refractivity contribution in [3.05, 3.63) is 70.8 Å². The number of hydrogen-bond donors (Lipinski definition) is 2. The highest BCUT2D eigenvalue weighted by atomic mass is 19.4. The van der Waals surface area contributed by atoms with Crippen molar-refractivity contribution >= 4 is 11.9 Å². The average molecular weight is 432 g/mol. The molecule has 166 valence electrons. The molecule has 0 radical (unpaired) electrons. The normalized spacial score (nSPS) is 13.8. The van der Waals surface area contributed by atoms with E-state index >= 15 is 0 Å². The monoisotopic (exact) mass is 432 g/mol. The van der Waals surface area contributed by atoms with Gasteiger partial charge in [0.25, 0.3) is 0 Å². The van der Waals surface area contributed by atoms with Gasteiger partial charge in [-0.15, -0.1) is 0 Å². The summed E-state index contributed by atoms with van der Waals surface area (Å²) in [6.45, 7) is 4.52. The Morgan fingerprint density at radius 3 is 2.42 bits per heavy atom. The van der Waals surface area contributed by atoms with E-state index in [4.69, 9.17) is 0 Å². The Kier molecular flexibility index (Phi) is 7.55. The van der Waals surface area contributed by atoms with Gasteiger partial charge in [0.05, 0.1) is 12.1 Å². The van der Waals surface area contributed by atoms with Crippen LogP contribution in [0.25, 0.3) is 0 Å². The third-order valence-electron chi connectivity index (χ3n) is 5.07. The Bertz CT molecular complexity index is 902. The number of rotatable bonds is 7. The van der Waals surface area contributed by atoms with Crippen LogP contribution in [0.15, 0.2) is 53.5 Å². The van der Waals surface area contributed by atoms with Crippen LogP contribution in [0.2, 0.25) is 0 Å². The molecule has 8 heteroatoms. The standard InChI is InChI=1S/C23H27F3N4O/c1-2-27-22(29-14-17-7-5-10-20(13-17)23(24,25)26)28-12-6-11-21(31)30-15-18-8-3-4-9-19(18)16-30/h3-5,7-10,13H,2,6,11-12,14-16H2,1H3,(H2,27,28,29). The predicted molar refractivity (Wildman–Crippen MR) is 114 cm³/mol. The molecule has 0 bridgehead atoms. The zero-order chi connectivity index (χ0) is 22.3. The van der Waals surface area contributed by atoms with Gasteiger partial charge in [0.1, 0.15) is 0 Å². The van der Waals surface area contributed by atoms with Crippen molar-refractivity contribution < 1.29 is 18.0 Å². The largest absolute Gasteiger partial charge is 0.416 e. The van der Waals surface area contributed by atoms with Crippen LogP contribution in [-0.2, 0) is 30.6 Å². The van der Waals surface area contributed by atoms with E-state index in [-0.39, 0.29) is 12.5 Å². The first-order chi connectivity index (χ1) is 14.9. The highest BCUT2D eigenvalue weighted by Gasteiger charge is 2.30. The first-order valence-corrected chi connectivity index (χ1v) is 10.4. The van der Waals surface area contributed by atoms with Crippen molar-refractivity contribution in [2.24, 2.45) is 4.99 Å². The van der Waals surface area contributed by atoms with Gasteiger partial charge in [0.15, 0.2) is 5.96 Å². The van der Waals surface area contributed by atoms with Crippen molar-refractivity contribution in [1.29, 1.82) is 0 Å². The Balaban J connectivity index is 1.46. The van der Waals surface area contributed by atoms with Gasteiger partial charge in [0, 0.05) is 32.6 Å². The number of aliphatic imine (C=N–C) groups is 1. The molecule has 0 aliphatic carbocycles. The quantitative estimate of drug-likeness (QED) is 0.394. The number of hydrogen-bond acceptors (Lipinski definition) is 2. The fraction of sp³-hybridized carbons (Fsp3) is 0.391. The second-order valence-electron chi connectivity index (χ2n) is 7.44. The van der Waals surface area contributed by atoms with Gasteiger partial charge in [-0.1, -0.05) is 36.4 Å². The van der Waals surface area contributed by atoms with Crippen LogP contribution in [0.1, 0.15) is 42.0 Å². The minimum absolute atomic E-state index is 0.115. The molecular weight excluding hydrogens is 405 g/mol. The van der Waals surface area contributed by atoms with Gasteiger partial charge in [-0.25, -0.2) is 4.99 Å². The maximum absolute atomic E-state index is 12.9. The van der Waals surface area contributed by atoms with Crippen LogP contribution in [0.3, 0.4) is 0 Å². The summed E-state index contributed by atoms with van der Waals surface area (Å²) in [4.78, 5) is 18.7. The van der Waals surface area contributed by atoms with E-state index in [1.807, 2.05) is 36.1 Å². The number of halogens is 3. The zero-order valence-electron chi connectivity index (χ0n) is 17.5. The van der Waals surface area contributed by atoms with E-state index in [1.54, 1.807) is 6.07 Å². The van der Waals surface area contributed by atoms with Gasteiger partial charge >= 0.3 is 6.18 Å². The van der Waals surface area contributed by atoms with Gasteiger partial charge < -0.3 is 15.5 Å².